The normalized spacial score (nSPS) is 11.4. The number of benzene rings is 2. The standard InChI is InChI=1S/C18H11F4NO3/c19-14-6-4-11(5-7-14)16-9-15(23-26-16)10-25-17(24)12-2-1-3-13(8-12)18(20,21)22/h1-9H,10H2. The van der Waals surface area contributed by atoms with Crippen LogP contribution in [0.3, 0.4) is 0 Å². The Kier molecular flexibility index (Phi) is 4.75. The summed E-state index contributed by atoms with van der Waals surface area (Å²) < 4.78 is 61.0. The van der Waals surface area contributed by atoms with E-state index in [0.717, 1.165) is 18.2 Å². The zero-order valence-corrected chi connectivity index (χ0v) is 13.1. The number of carbonyl (C=O) groups is 1. The molecule has 2 aromatic carbocycles. The second kappa shape index (κ2) is 6.99. The highest BCUT2D eigenvalue weighted by Gasteiger charge is 2.31. The SMILES string of the molecule is O=C(OCc1cc(-c2ccc(F)cc2)on1)c1cccc(C(F)(F)F)c1. The van der Waals surface area contributed by atoms with Crippen molar-refractivity contribution in [1.82, 2.24) is 5.16 Å². The van der Waals surface area contributed by atoms with Crippen LogP contribution in [0.1, 0.15) is 21.6 Å². The first kappa shape index (κ1) is 17.7. The van der Waals surface area contributed by atoms with Crippen LogP contribution < -0.4 is 0 Å². The first-order valence-corrected chi connectivity index (χ1v) is 7.39. The molecular formula is C18H11F4NO3. The van der Waals surface area contributed by atoms with Gasteiger partial charge in [0.15, 0.2) is 5.76 Å². The lowest BCUT2D eigenvalue weighted by atomic mass is 10.1. The van der Waals surface area contributed by atoms with Gasteiger partial charge in [0.25, 0.3) is 0 Å². The molecule has 0 atom stereocenters. The summed E-state index contributed by atoms with van der Waals surface area (Å²) in [5.74, 6) is -0.971. The lowest BCUT2D eigenvalue weighted by molar-refractivity contribution is -0.137. The predicted octanol–water partition coefficient (Wildman–Crippen LogP) is 4.86. The van der Waals surface area contributed by atoms with Crippen molar-refractivity contribution in [2.24, 2.45) is 0 Å². The largest absolute Gasteiger partial charge is 0.455 e. The maximum Gasteiger partial charge on any atom is 0.416 e. The van der Waals surface area contributed by atoms with Gasteiger partial charge in [0, 0.05) is 11.6 Å². The predicted molar refractivity (Wildman–Crippen MR) is 82.5 cm³/mol. The fraction of sp³-hybridized carbons (Fsp3) is 0.111. The van der Waals surface area contributed by atoms with Crippen LogP contribution in [0.4, 0.5) is 17.6 Å². The van der Waals surface area contributed by atoms with Crippen LogP contribution in [0.5, 0.6) is 0 Å². The summed E-state index contributed by atoms with van der Waals surface area (Å²) in [5.41, 5.74) is -0.312. The molecular weight excluding hydrogens is 354 g/mol. The van der Waals surface area contributed by atoms with Crippen molar-refractivity contribution < 1.29 is 31.6 Å². The van der Waals surface area contributed by atoms with Crippen molar-refractivity contribution in [3.8, 4) is 11.3 Å². The van der Waals surface area contributed by atoms with Gasteiger partial charge in [0.1, 0.15) is 18.1 Å². The van der Waals surface area contributed by atoms with E-state index < -0.39 is 23.5 Å². The van der Waals surface area contributed by atoms with Gasteiger partial charge in [0.05, 0.1) is 11.1 Å². The van der Waals surface area contributed by atoms with Crippen molar-refractivity contribution >= 4 is 5.97 Å². The minimum Gasteiger partial charge on any atom is -0.455 e. The van der Waals surface area contributed by atoms with Gasteiger partial charge in [0.2, 0.25) is 0 Å². The lowest BCUT2D eigenvalue weighted by Gasteiger charge is -2.08. The van der Waals surface area contributed by atoms with Gasteiger partial charge < -0.3 is 9.26 Å². The maximum atomic E-state index is 12.9. The molecule has 0 N–H and O–H groups in total. The molecule has 0 saturated heterocycles. The van der Waals surface area contributed by atoms with Crippen molar-refractivity contribution in [3.05, 3.63) is 77.2 Å². The summed E-state index contributed by atoms with van der Waals surface area (Å²) in [5, 5.41) is 3.71. The molecule has 0 radical (unpaired) electrons. The smallest absolute Gasteiger partial charge is 0.416 e. The van der Waals surface area contributed by atoms with E-state index in [-0.39, 0.29) is 17.9 Å². The van der Waals surface area contributed by atoms with E-state index in [9.17, 15) is 22.4 Å². The van der Waals surface area contributed by atoms with Gasteiger partial charge in [-0.1, -0.05) is 11.2 Å². The van der Waals surface area contributed by atoms with Gasteiger partial charge in [-0.3, -0.25) is 0 Å². The van der Waals surface area contributed by atoms with Crippen LogP contribution in [-0.4, -0.2) is 11.1 Å². The second-order valence-corrected chi connectivity index (χ2v) is 5.34. The maximum absolute atomic E-state index is 12.9. The topological polar surface area (TPSA) is 52.3 Å². The number of carbonyl (C=O) groups excluding carboxylic acids is 1. The molecule has 1 aromatic heterocycles. The number of esters is 1. The first-order valence-electron chi connectivity index (χ1n) is 7.39. The van der Waals surface area contributed by atoms with Crippen LogP contribution in [0.25, 0.3) is 11.3 Å². The fourth-order valence-corrected chi connectivity index (χ4v) is 2.18. The number of hydrogen-bond donors (Lipinski definition) is 0. The molecule has 0 aliphatic rings. The third-order valence-electron chi connectivity index (χ3n) is 3.46. The molecule has 0 amide bonds. The van der Waals surface area contributed by atoms with Crippen molar-refractivity contribution in [2.75, 3.05) is 0 Å². The van der Waals surface area contributed by atoms with E-state index in [1.807, 2.05) is 0 Å². The Labute approximate surface area is 145 Å². The zero-order valence-electron chi connectivity index (χ0n) is 13.1. The lowest BCUT2D eigenvalue weighted by Crippen LogP contribution is -2.09. The van der Waals surface area contributed by atoms with Crippen molar-refractivity contribution in [1.29, 1.82) is 0 Å². The third kappa shape index (κ3) is 4.08. The van der Waals surface area contributed by atoms with Gasteiger partial charge in [-0.15, -0.1) is 0 Å². The molecule has 0 fully saturated rings. The molecule has 3 rings (SSSR count). The van der Waals surface area contributed by atoms with E-state index in [4.69, 9.17) is 9.26 Å². The number of halogens is 4. The number of ether oxygens (including phenoxy) is 1. The first-order chi connectivity index (χ1) is 12.3. The zero-order chi connectivity index (χ0) is 18.7. The molecule has 8 heteroatoms. The Morgan fingerprint density at radius 2 is 1.81 bits per heavy atom. The Morgan fingerprint density at radius 1 is 1.08 bits per heavy atom. The average molecular weight is 365 g/mol. The average Bonchev–Trinajstić information content (AvgIpc) is 3.08. The van der Waals surface area contributed by atoms with Gasteiger partial charge in [-0.2, -0.15) is 13.2 Å². The molecule has 0 spiro atoms. The molecule has 3 aromatic rings. The van der Waals surface area contributed by atoms with Crippen LogP contribution >= 0.6 is 0 Å². The Morgan fingerprint density at radius 3 is 2.50 bits per heavy atom. The number of alkyl halides is 3. The number of hydrogen-bond acceptors (Lipinski definition) is 4. The van der Waals surface area contributed by atoms with Crippen LogP contribution in [-0.2, 0) is 17.5 Å². The van der Waals surface area contributed by atoms with Crippen molar-refractivity contribution in [3.63, 3.8) is 0 Å². The van der Waals surface area contributed by atoms with E-state index in [1.165, 1.54) is 36.4 Å². The summed E-state index contributed by atoms with van der Waals surface area (Å²) in [6, 6.07) is 10.9. The van der Waals surface area contributed by atoms with Crippen LogP contribution in [0, 0.1) is 5.82 Å². The number of aromatic nitrogens is 1. The van der Waals surface area contributed by atoms with E-state index in [0.29, 0.717) is 11.3 Å². The molecule has 26 heavy (non-hydrogen) atoms. The molecule has 0 saturated carbocycles. The van der Waals surface area contributed by atoms with E-state index in [2.05, 4.69) is 5.16 Å². The highest BCUT2D eigenvalue weighted by atomic mass is 19.4. The molecule has 0 unspecified atom stereocenters. The molecule has 134 valence electrons. The molecule has 0 aliphatic carbocycles. The summed E-state index contributed by atoms with van der Waals surface area (Å²) in [6.45, 7) is -0.278. The third-order valence-corrected chi connectivity index (χ3v) is 3.46. The quantitative estimate of drug-likeness (QED) is 0.490. The van der Waals surface area contributed by atoms with Crippen LogP contribution in [0.15, 0.2) is 59.1 Å². The highest BCUT2D eigenvalue weighted by molar-refractivity contribution is 5.89. The summed E-state index contributed by atoms with van der Waals surface area (Å²) >= 11 is 0. The molecule has 1 heterocycles. The van der Waals surface area contributed by atoms with Gasteiger partial charge >= 0.3 is 12.1 Å². The summed E-state index contributed by atoms with van der Waals surface area (Å²) in [6.07, 6.45) is -4.55. The minimum absolute atomic E-state index is 0.220. The summed E-state index contributed by atoms with van der Waals surface area (Å²) in [7, 11) is 0. The second-order valence-electron chi connectivity index (χ2n) is 5.34. The molecule has 4 nitrogen and oxygen atoms in total. The fourth-order valence-electron chi connectivity index (χ4n) is 2.18. The van der Waals surface area contributed by atoms with Crippen LogP contribution in [0.2, 0.25) is 0 Å². The van der Waals surface area contributed by atoms with Crippen molar-refractivity contribution in [2.45, 2.75) is 12.8 Å². The van der Waals surface area contributed by atoms with Gasteiger partial charge in [-0.05, 0) is 42.5 Å². The Balaban J connectivity index is 1.66. The Hall–Kier alpha value is -3.16. The highest BCUT2D eigenvalue weighted by Crippen LogP contribution is 2.29. The van der Waals surface area contributed by atoms with Gasteiger partial charge in [-0.25, -0.2) is 9.18 Å². The number of rotatable bonds is 4. The van der Waals surface area contributed by atoms with E-state index in [1.54, 1.807) is 0 Å². The minimum atomic E-state index is -4.55. The Bertz CT molecular complexity index is 917. The monoisotopic (exact) mass is 365 g/mol. The molecule has 0 aliphatic heterocycles. The molecule has 0 bridgehead atoms. The summed E-state index contributed by atoms with van der Waals surface area (Å²) in [4.78, 5) is 11.9. The number of nitrogens with zero attached hydrogens (tertiary/aromatic N) is 1. The van der Waals surface area contributed by atoms with E-state index >= 15 is 0 Å².